The van der Waals surface area contributed by atoms with Gasteiger partial charge in [0.2, 0.25) is 0 Å². The van der Waals surface area contributed by atoms with Crippen molar-refractivity contribution >= 4 is 80.5 Å². The Kier molecular flexibility index (Phi) is 18.3. The Bertz CT molecular complexity index is 1220. The molecular formula is C22H10I5N6O-. The first-order chi connectivity index (χ1) is 16.5. The average molecular weight is 1010 g/mol. The zero-order valence-corrected chi connectivity index (χ0v) is 27.5. The Morgan fingerprint density at radius 1 is 0.853 bits per heavy atom. The molecule has 1 saturated heterocycles. The van der Waals surface area contributed by atoms with Crippen molar-refractivity contribution in [3.8, 4) is 36.4 Å². The molecule has 170 valence electrons. The van der Waals surface area contributed by atoms with Crippen LogP contribution in [0.3, 0.4) is 0 Å². The molecule has 34 heavy (non-hydrogen) atoms. The molecule has 3 rings (SSSR count). The molecule has 1 fully saturated rings. The van der Waals surface area contributed by atoms with Crippen LogP contribution in [0.15, 0.2) is 54.1 Å². The van der Waals surface area contributed by atoms with E-state index >= 15 is 0 Å². The number of allylic oxidation sites excluding steroid dienone is 1. The summed E-state index contributed by atoms with van der Waals surface area (Å²) in [6.07, 6.45) is 0.918. The van der Waals surface area contributed by atoms with Crippen molar-refractivity contribution in [3.05, 3.63) is 76.4 Å². The van der Waals surface area contributed by atoms with Gasteiger partial charge in [-0.1, -0.05) is 24.3 Å². The molecule has 1 aliphatic heterocycles. The monoisotopic (exact) mass is 1010 g/mol. The number of epoxide rings is 1. The molecule has 0 radical (unpaired) electrons. The summed E-state index contributed by atoms with van der Waals surface area (Å²) < 4.78 is 5.06. The number of nitrogens with zero attached hydrogens (tertiary/aromatic N) is 6. The van der Waals surface area contributed by atoms with Crippen molar-refractivity contribution in [3.63, 3.8) is 0 Å². The third-order valence-electron chi connectivity index (χ3n) is 3.83. The number of ether oxygens (including phenoxy) is 1. The van der Waals surface area contributed by atoms with E-state index in [2.05, 4.69) is 74.5 Å². The molecule has 12 heteroatoms. The predicted octanol–water partition coefficient (Wildman–Crippen LogP) is 3.95. The number of halogens is 5. The van der Waals surface area contributed by atoms with Gasteiger partial charge in [-0.3, -0.25) is 0 Å². The molecule has 0 N–H and O–H groups in total. The predicted molar refractivity (Wildman–Crippen MR) is 155 cm³/mol. The van der Waals surface area contributed by atoms with Crippen LogP contribution in [0.2, 0.25) is 0 Å². The van der Waals surface area contributed by atoms with Gasteiger partial charge in [0.05, 0.1) is 23.3 Å². The summed E-state index contributed by atoms with van der Waals surface area (Å²) in [7, 11) is 0. The summed E-state index contributed by atoms with van der Waals surface area (Å²) >= 11 is 9.54. The summed E-state index contributed by atoms with van der Waals surface area (Å²) in [6, 6.07) is 24.6. The fourth-order valence-corrected chi connectivity index (χ4v) is 2.38. The molecule has 1 unspecified atom stereocenters. The number of hydrogen-bond acceptors (Lipinski definition) is 7. The molecule has 0 aliphatic carbocycles. The second kappa shape index (κ2) is 19.0. The number of rotatable bonds is 2. The van der Waals surface area contributed by atoms with Crippen LogP contribution in [0.25, 0.3) is 6.08 Å². The summed E-state index contributed by atoms with van der Waals surface area (Å²) in [5.74, 6) is 0. The SMILES string of the molecule is II.I[I-]I.N#CC(C#N)=Cc1cccc(C#N)c1.N#Cc1cccc(C2OC2(C#N)C#N)c1. The van der Waals surface area contributed by atoms with Gasteiger partial charge in [-0.05, 0) is 41.5 Å². The first kappa shape index (κ1) is 32.7. The maximum Gasteiger partial charge on any atom is 0.272 e. The first-order valence-corrected chi connectivity index (χ1v) is 27.4. The summed E-state index contributed by atoms with van der Waals surface area (Å²) in [5.41, 5.74) is 1.05. The Balaban J connectivity index is 0.000000540. The van der Waals surface area contributed by atoms with Crippen LogP contribution in [0.5, 0.6) is 0 Å². The van der Waals surface area contributed by atoms with Crippen LogP contribution in [-0.2, 0) is 4.74 Å². The fraction of sp³-hybridized carbons (Fsp3) is 0.0909. The van der Waals surface area contributed by atoms with E-state index in [4.69, 9.17) is 36.3 Å². The number of nitriles is 6. The van der Waals surface area contributed by atoms with Crippen LogP contribution in [0.4, 0.5) is 0 Å². The third kappa shape index (κ3) is 11.0. The van der Waals surface area contributed by atoms with Gasteiger partial charge in [-0.15, -0.1) is 0 Å². The van der Waals surface area contributed by atoms with Gasteiger partial charge in [-0.25, -0.2) is 0 Å². The topological polar surface area (TPSA) is 155 Å². The molecule has 0 saturated carbocycles. The second-order valence-corrected chi connectivity index (χ2v) is 22.0. The normalized spacial score (nSPS) is 13.2. The molecule has 0 aromatic heterocycles. The zero-order chi connectivity index (χ0) is 26.0. The van der Waals surface area contributed by atoms with Crippen molar-refractivity contribution in [2.45, 2.75) is 11.7 Å². The minimum atomic E-state index is -1.35. The van der Waals surface area contributed by atoms with Crippen molar-refractivity contribution in [1.82, 2.24) is 0 Å². The van der Waals surface area contributed by atoms with E-state index in [1.165, 1.54) is 6.08 Å². The molecule has 2 aromatic rings. The Morgan fingerprint density at radius 3 is 1.79 bits per heavy atom. The van der Waals surface area contributed by atoms with Gasteiger partial charge >= 0.3 is 50.5 Å². The molecule has 0 bridgehead atoms. The van der Waals surface area contributed by atoms with E-state index in [0.29, 0.717) is 35.5 Å². The van der Waals surface area contributed by atoms with Crippen molar-refractivity contribution in [2.75, 3.05) is 0 Å². The van der Waals surface area contributed by atoms with Gasteiger partial charge < -0.3 is 4.74 Å². The van der Waals surface area contributed by atoms with Gasteiger partial charge in [0.1, 0.15) is 36.0 Å². The quantitative estimate of drug-likeness (QED) is 0.251. The van der Waals surface area contributed by atoms with E-state index in [1.54, 1.807) is 60.7 Å². The van der Waals surface area contributed by atoms with E-state index in [-0.39, 0.29) is 5.57 Å². The first-order valence-electron chi connectivity index (χ1n) is 8.51. The van der Waals surface area contributed by atoms with Crippen molar-refractivity contribution < 1.29 is 18.0 Å². The van der Waals surface area contributed by atoms with Crippen LogP contribution < -0.4 is 13.3 Å². The van der Waals surface area contributed by atoms with Crippen LogP contribution in [-0.4, -0.2) is 5.60 Å². The van der Waals surface area contributed by atoms with Gasteiger partial charge in [0.15, 0.2) is 0 Å². The van der Waals surface area contributed by atoms with Crippen molar-refractivity contribution in [2.24, 2.45) is 0 Å². The van der Waals surface area contributed by atoms with Gasteiger partial charge in [0.25, 0.3) is 5.60 Å². The standard InChI is InChI=1S/C11H5N3O.C11H5N3.I3.I2/c12-5-8-2-1-3-9(4-8)10-11(6-13,7-14)15-10;12-6-10-3-1-2-9(4-10)5-11(7-13)8-14;1-3-2;1-2/h1-4,10H;1-5H;;/q;;-1;. The van der Waals surface area contributed by atoms with Crippen LogP contribution in [0.1, 0.15) is 28.4 Å². The van der Waals surface area contributed by atoms with E-state index in [1.807, 2.05) is 24.3 Å². The third-order valence-corrected chi connectivity index (χ3v) is 3.83. The smallest absolute Gasteiger partial charge is 0.272 e. The van der Waals surface area contributed by atoms with Crippen LogP contribution in [0, 0.1) is 68.0 Å². The van der Waals surface area contributed by atoms with E-state index < -0.39 is 11.7 Å². The van der Waals surface area contributed by atoms with E-state index in [9.17, 15) is 0 Å². The molecule has 1 atom stereocenters. The Labute approximate surface area is 250 Å². The zero-order valence-electron chi connectivity index (χ0n) is 16.8. The summed E-state index contributed by atoms with van der Waals surface area (Å²) in [5, 5.41) is 51.8. The molecule has 0 spiro atoms. The maximum absolute atomic E-state index is 8.75. The molecule has 0 amide bonds. The van der Waals surface area contributed by atoms with Crippen molar-refractivity contribution in [1.29, 1.82) is 31.6 Å². The Morgan fingerprint density at radius 2 is 1.35 bits per heavy atom. The average Bonchev–Trinajstić information content (AvgIpc) is 3.65. The minimum Gasteiger partial charge on any atom is -0.332 e. The minimum absolute atomic E-state index is 0.0279. The molecular weight excluding hydrogens is 999 g/mol. The summed E-state index contributed by atoms with van der Waals surface area (Å²) in [6.45, 7) is 0. The summed E-state index contributed by atoms with van der Waals surface area (Å²) in [4.78, 5) is 0. The van der Waals surface area contributed by atoms with Gasteiger partial charge in [0, 0.05) is 37.2 Å². The van der Waals surface area contributed by atoms with Crippen LogP contribution >= 0.6 is 74.5 Å². The molecule has 7 nitrogen and oxygen atoms in total. The number of hydrogen-bond donors (Lipinski definition) is 0. The maximum atomic E-state index is 8.75. The molecule has 1 aliphatic rings. The van der Waals surface area contributed by atoms with Gasteiger partial charge in [-0.2, -0.15) is 31.6 Å². The largest absolute Gasteiger partial charge is 0.332 e. The molecule has 2 aromatic carbocycles. The number of benzene rings is 2. The fourth-order valence-electron chi connectivity index (χ4n) is 2.38. The molecule has 1 heterocycles. The second-order valence-electron chi connectivity index (χ2n) is 5.77. The van der Waals surface area contributed by atoms with E-state index in [0.717, 1.165) is 0 Å². The Hall–Kier alpha value is -1.27.